The predicted octanol–water partition coefficient (Wildman–Crippen LogP) is -3.00. The van der Waals surface area contributed by atoms with E-state index in [1.165, 1.54) is 0 Å². The normalized spacial score (nSPS) is 14.5. The molecule has 0 saturated carbocycles. The lowest BCUT2D eigenvalue weighted by atomic mass is 11.9. The van der Waals surface area contributed by atoms with E-state index in [0.717, 1.165) is 0 Å². The zero-order valence-electron chi connectivity index (χ0n) is 6.06. The first kappa shape index (κ1) is 13.5. The van der Waals surface area contributed by atoms with Crippen LogP contribution in [0, 0.1) is 0 Å². The van der Waals surface area contributed by atoms with E-state index in [-0.39, 0.29) is 0 Å². The van der Waals surface area contributed by atoms with Crippen molar-refractivity contribution in [2.45, 2.75) is 0 Å². The first-order valence-corrected chi connectivity index (χ1v) is 8.23. The molecule has 0 aromatic rings. The molecule has 0 aliphatic carbocycles. The second-order valence-electron chi connectivity index (χ2n) is 2.35. The Morgan fingerprint density at radius 1 is 0.846 bits per heavy atom. The third kappa shape index (κ3) is 8.81. The van der Waals surface area contributed by atoms with Gasteiger partial charge in [-0.25, -0.2) is 0 Å². The lowest BCUT2D eigenvalue weighted by molar-refractivity contribution is -0.313. The minimum atomic E-state index is -5.29. The van der Waals surface area contributed by atoms with Crippen LogP contribution in [0.1, 0.15) is 0 Å². The van der Waals surface area contributed by atoms with E-state index < -0.39 is 34.4 Å². The fourth-order valence-corrected chi connectivity index (χ4v) is 6.08. The number of hydrogen-bond donors (Lipinski definition) is 1. The zero-order valence-corrected chi connectivity index (χ0v) is 8.74. The lowest BCUT2D eigenvalue weighted by Crippen LogP contribution is -2.21. The van der Waals surface area contributed by atoms with E-state index >= 15 is 0 Å². The molecule has 0 aliphatic rings. The van der Waals surface area contributed by atoms with Gasteiger partial charge in [-0.3, -0.25) is 4.57 Å². The van der Waals surface area contributed by atoms with Gasteiger partial charge in [-0.1, -0.05) is 15.2 Å². The molecule has 0 fully saturated rings. The van der Waals surface area contributed by atoms with E-state index in [1.807, 2.05) is 0 Å². The van der Waals surface area contributed by atoms with Crippen LogP contribution in [0.4, 0.5) is 0 Å². The molecule has 0 radical (unpaired) electrons. The van der Waals surface area contributed by atoms with Crippen molar-refractivity contribution in [3.8, 4) is 0 Å². The van der Waals surface area contributed by atoms with Crippen LogP contribution in [0.15, 0.2) is 0 Å². The second-order valence-corrected chi connectivity index (χ2v) is 8.75. The topological polar surface area (TPSA) is 164 Å². The third-order valence-corrected chi connectivity index (χ3v) is 7.10. The van der Waals surface area contributed by atoms with Crippen LogP contribution in [0.25, 0.3) is 0 Å². The quantitative estimate of drug-likeness (QED) is 0.515. The fourth-order valence-electron chi connectivity index (χ4n) is 0.586. The summed E-state index contributed by atoms with van der Waals surface area (Å²) in [6.07, 6.45) is 0. The Labute approximate surface area is 73.4 Å². The summed E-state index contributed by atoms with van der Waals surface area (Å²) in [6.45, 7) is 0. The van der Waals surface area contributed by atoms with Crippen LogP contribution < -0.4 is 19.6 Å². The molecule has 0 atom stereocenters. The molecule has 1 N–H and O–H groups in total. The van der Waals surface area contributed by atoms with Gasteiger partial charge in [-0.2, -0.15) is 0 Å². The SMILES string of the molecule is O=P([O-])([O-])CP(=O)(O)CP(=O)([O-])[O-]. The van der Waals surface area contributed by atoms with E-state index in [4.69, 9.17) is 4.89 Å². The Kier molecular flexibility index (Phi) is 4.08. The van der Waals surface area contributed by atoms with Gasteiger partial charge in [0.05, 0.1) is 11.8 Å². The Hall–Kier alpha value is 0.490. The van der Waals surface area contributed by atoms with Crippen LogP contribution >= 0.6 is 22.6 Å². The predicted molar refractivity (Wildman–Crippen MR) is 34.8 cm³/mol. The monoisotopic (exact) mass is 250 g/mol. The van der Waals surface area contributed by atoms with Crippen molar-refractivity contribution in [2.75, 3.05) is 11.8 Å². The molecular weight excluding hydrogens is 245 g/mol. The molecular formula is C2H5O8P3-4. The van der Waals surface area contributed by atoms with Crippen LogP contribution in [0.5, 0.6) is 0 Å². The molecule has 0 aromatic heterocycles. The molecule has 0 bridgehead atoms. The van der Waals surface area contributed by atoms with Gasteiger partial charge in [-0.15, -0.1) is 0 Å². The molecule has 0 aromatic carbocycles. The average Bonchev–Trinajstić information content (AvgIpc) is 1.43. The molecule has 80 valence electrons. The van der Waals surface area contributed by atoms with Gasteiger partial charge in [0.1, 0.15) is 0 Å². The summed E-state index contributed by atoms with van der Waals surface area (Å²) in [6, 6.07) is 0. The Bertz CT molecular complexity index is 279. The van der Waals surface area contributed by atoms with Gasteiger partial charge in [0.15, 0.2) is 0 Å². The van der Waals surface area contributed by atoms with Gasteiger partial charge in [0.25, 0.3) is 0 Å². The van der Waals surface area contributed by atoms with Crippen molar-refractivity contribution in [1.82, 2.24) is 0 Å². The largest absolute Gasteiger partial charge is 0.810 e. The summed E-state index contributed by atoms with van der Waals surface area (Å²) in [5.74, 6) is -3.43. The maximum absolute atomic E-state index is 10.7. The minimum absolute atomic E-state index is 1.71. The molecule has 0 aliphatic heterocycles. The summed E-state index contributed by atoms with van der Waals surface area (Å²) >= 11 is 0. The van der Waals surface area contributed by atoms with Gasteiger partial charge in [0.2, 0.25) is 7.37 Å². The second kappa shape index (κ2) is 3.93. The fraction of sp³-hybridized carbons (Fsp3) is 1.00. The summed E-state index contributed by atoms with van der Waals surface area (Å²) in [7, 11) is -15.3. The van der Waals surface area contributed by atoms with E-state index in [0.29, 0.717) is 0 Å². The Morgan fingerprint density at radius 2 is 1.08 bits per heavy atom. The van der Waals surface area contributed by atoms with Crippen molar-refractivity contribution in [3.63, 3.8) is 0 Å². The van der Waals surface area contributed by atoms with Gasteiger partial charge < -0.3 is 33.6 Å². The maximum atomic E-state index is 10.7. The molecule has 0 unspecified atom stereocenters. The molecule has 0 amide bonds. The van der Waals surface area contributed by atoms with Crippen molar-refractivity contribution >= 4 is 22.6 Å². The van der Waals surface area contributed by atoms with Crippen LogP contribution in [0.2, 0.25) is 0 Å². The molecule has 0 rings (SSSR count). The summed E-state index contributed by atoms with van der Waals surface area (Å²) in [5, 5.41) is 0. The lowest BCUT2D eigenvalue weighted by Gasteiger charge is -2.36. The highest BCUT2D eigenvalue weighted by atomic mass is 31.3. The van der Waals surface area contributed by atoms with Crippen molar-refractivity contribution < 1.29 is 38.2 Å². The summed E-state index contributed by atoms with van der Waals surface area (Å²) in [5.41, 5.74) is 0. The molecule has 0 heterocycles. The summed E-state index contributed by atoms with van der Waals surface area (Å²) < 4.78 is 30.6. The van der Waals surface area contributed by atoms with Crippen molar-refractivity contribution in [1.29, 1.82) is 0 Å². The van der Waals surface area contributed by atoms with Crippen LogP contribution in [0.3, 0.4) is 0 Å². The Morgan fingerprint density at radius 3 is 1.23 bits per heavy atom. The van der Waals surface area contributed by atoms with E-state index in [9.17, 15) is 33.3 Å². The molecule has 13 heavy (non-hydrogen) atoms. The Balaban J connectivity index is 4.54. The highest BCUT2D eigenvalue weighted by Crippen LogP contribution is 2.56. The van der Waals surface area contributed by atoms with Crippen LogP contribution in [-0.2, 0) is 13.7 Å². The highest BCUT2D eigenvalue weighted by Gasteiger charge is 2.21. The minimum Gasteiger partial charge on any atom is -0.810 e. The van der Waals surface area contributed by atoms with Gasteiger partial charge >= 0.3 is 0 Å². The van der Waals surface area contributed by atoms with Crippen LogP contribution in [-0.4, -0.2) is 16.7 Å². The van der Waals surface area contributed by atoms with E-state index in [1.54, 1.807) is 0 Å². The van der Waals surface area contributed by atoms with Gasteiger partial charge in [-0.05, 0) is 0 Å². The molecule has 11 heteroatoms. The summed E-state index contributed by atoms with van der Waals surface area (Å²) in [4.78, 5) is 48.5. The average molecular weight is 250 g/mol. The maximum Gasteiger partial charge on any atom is 0.210 e. The zero-order chi connectivity index (χ0) is 10.9. The van der Waals surface area contributed by atoms with E-state index in [2.05, 4.69) is 0 Å². The molecule has 0 saturated heterocycles. The molecule has 8 nitrogen and oxygen atoms in total. The van der Waals surface area contributed by atoms with Crippen molar-refractivity contribution in [2.24, 2.45) is 0 Å². The smallest absolute Gasteiger partial charge is 0.210 e. The number of hydrogen-bond acceptors (Lipinski definition) is 7. The highest BCUT2D eigenvalue weighted by molar-refractivity contribution is 7.78. The standard InChI is InChI=1S/C2H9O8P3/c3-11(4,1-12(5,6)7)2-13(8,9)10/h1-2H2,(H,3,4)(H2,5,6,7)(H2,8,9,10)/p-4. The van der Waals surface area contributed by atoms with Gasteiger partial charge in [0, 0.05) is 0 Å². The third-order valence-electron chi connectivity index (χ3n) is 0.788. The number of rotatable bonds is 4. The molecule has 0 spiro atoms. The van der Waals surface area contributed by atoms with Crippen molar-refractivity contribution in [3.05, 3.63) is 0 Å². The first-order valence-electron chi connectivity index (χ1n) is 2.74. The first-order chi connectivity index (χ1) is 5.41.